The predicted octanol–water partition coefficient (Wildman–Crippen LogP) is 3.58. The van der Waals surface area contributed by atoms with Crippen molar-refractivity contribution in [3.05, 3.63) is 0 Å². The molecule has 0 aromatic rings. The smallest absolute Gasteiger partial charge is 0.193 e. The van der Waals surface area contributed by atoms with Crippen LogP contribution in [0.25, 0.3) is 0 Å². The van der Waals surface area contributed by atoms with Crippen molar-refractivity contribution in [2.45, 2.75) is 109 Å². The Bertz CT molecular complexity index is 547. The van der Waals surface area contributed by atoms with Crippen LogP contribution in [0.3, 0.4) is 0 Å². The van der Waals surface area contributed by atoms with Gasteiger partial charge in [0.1, 0.15) is 5.60 Å². The molecule has 0 amide bonds. The van der Waals surface area contributed by atoms with E-state index in [1.807, 2.05) is 0 Å². The van der Waals surface area contributed by atoms with Crippen molar-refractivity contribution in [2.24, 2.45) is 23.7 Å². The second kappa shape index (κ2) is 8.71. The highest BCUT2D eigenvalue weighted by atomic mass is 16.8. The van der Waals surface area contributed by atoms with Crippen LogP contribution in [-0.4, -0.2) is 53.5 Å². The van der Waals surface area contributed by atoms with Crippen LogP contribution in [0, 0.1) is 23.7 Å². The molecule has 4 aliphatic rings. The number of aliphatic hydroxyl groups is 2. The number of rotatable bonds is 5. The summed E-state index contributed by atoms with van der Waals surface area (Å²) < 4.78 is 24.2. The van der Waals surface area contributed by atoms with Gasteiger partial charge in [-0.25, -0.2) is 0 Å². The largest absolute Gasteiger partial charge is 0.384 e. The molecule has 2 heterocycles. The number of hydrogen-bond acceptors (Lipinski definition) is 6. The van der Waals surface area contributed by atoms with Crippen LogP contribution in [0.4, 0.5) is 0 Å². The first-order valence-electron chi connectivity index (χ1n) is 11.8. The molecule has 168 valence electrons. The van der Waals surface area contributed by atoms with Crippen LogP contribution in [0.5, 0.6) is 0 Å². The fourth-order valence-corrected chi connectivity index (χ4v) is 6.34. The van der Waals surface area contributed by atoms with Gasteiger partial charge in [-0.15, -0.1) is 0 Å². The maximum atomic E-state index is 11.8. The van der Waals surface area contributed by atoms with Gasteiger partial charge in [-0.1, -0.05) is 33.1 Å². The lowest BCUT2D eigenvalue weighted by Gasteiger charge is -2.57. The van der Waals surface area contributed by atoms with Crippen molar-refractivity contribution in [3.63, 3.8) is 0 Å². The predicted molar refractivity (Wildman–Crippen MR) is 108 cm³/mol. The van der Waals surface area contributed by atoms with E-state index in [0.717, 1.165) is 32.1 Å². The van der Waals surface area contributed by atoms with Gasteiger partial charge in [0.05, 0.1) is 19.3 Å². The molecule has 2 saturated heterocycles. The minimum atomic E-state index is -1.29. The van der Waals surface area contributed by atoms with Crippen molar-refractivity contribution in [3.8, 4) is 0 Å². The van der Waals surface area contributed by atoms with Gasteiger partial charge in [0, 0.05) is 18.3 Å². The molecule has 6 heteroatoms. The normalized spacial score (nSPS) is 48.7. The molecule has 0 spiro atoms. The zero-order valence-corrected chi connectivity index (χ0v) is 18.3. The molecule has 6 nitrogen and oxygen atoms in total. The minimum absolute atomic E-state index is 0.0422. The summed E-state index contributed by atoms with van der Waals surface area (Å²) in [5.74, 6) is -0.739. The third-order valence-electron chi connectivity index (χ3n) is 8.06. The van der Waals surface area contributed by atoms with Crippen LogP contribution < -0.4 is 0 Å². The highest BCUT2D eigenvalue weighted by molar-refractivity contribution is 5.07. The fourth-order valence-electron chi connectivity index (χ4n) is 6.34. The SMILES string of the molecule is C[C@H]1C(OCCOC2CCCCC2)O[C@@H]2O[C@@](C)(O)CCC3[C@H](C)CCC1[C@]32O. The highest BCUT2D eigenvalue weighted by Crippen LogP contribution is 2.55. The van der Waals surface area contributed by atoms with E-state index in [4.69, 9.17) is 18.9 Å². The molecule has 2 N–H and O–H groups in total. The topological polar surface area (TPSA) is 77.4 Å². The monoisotopic (exact) mass is 412 g/mol. The van der Waals surface area contributed by atoms with Gasteiger partial charge in [-0.3, -0.25) is 0 Å². The first-order valence-corrected chi connectivity index (χ1v) is 11.8. The summed E-state index contributed by atoms with van der Waals surface area (Å²) in [5.41, 5.74) is -1.07. The Hall–Kier alpha value is -0.240. The molecule has 2 aliphatic heterocycles. The molecular formula is C23H40O6. The number of ether oxygens (including phenoxy) is 4. The lowest BCUT2D eigenvalue weighted by Crippen LogP contribution is -2.67. The first-order chi connectivity index (χ1) is 13.8. The quantitative estimate of drug-likeness (QED) is 0.672. The van der Waals surface area contributed by atoms with Crippen molar-refractivity contribution < 1.29 is 29.2 Å². The van der Waals surface area contributed by atoms with E-state index in [-0.39, 0.29) is 17.8 Å². The molecule has 4 rings (SSSR count). The molecule has 0 aromatic carbocycles. The summed E-state index contributed by atoms with van der Waals surface area (Å²) in [6, 6.07) is 0. The molecule has 2 aliphatic carbocycles. The van der Waals surface area contributed by atoms with E-state index in [1.165, 1.54) is 19.3 Å². The average molecular weight is 413 g/mol. The summed E-state index contributed by atoms with van der Waals surface area (Å²) in [6.07, 6.45) is 8.43. The van der Waals surface area contributed by atoms with E-state index in [0.29, 0.717) is 31.7 Å². The second-order valence-corrected chi connectivity index (χ2v) is 10.2. The summed E-state index contributed by atoms with van der Waals surface area (Å²) >= 11 is 0. The van der Waals surface area contributed by atoms with Gasteiger partial charge in [0.25, 0.3) is 0 Å². The summed E-state index contributed by atoms with van der Waals surface area (Å²) in [4.78, 5) is 0. The van der Waals surface area contributed by atoms with Crippen molar-refractivity contribution in [2.75, 3.05) is 13.2 Å². The maximum Gasteiger partial charge on any atom is 0.193 e. The molecule has 3 unspecified atom stereocenters. The Kier molecular flexibility index (Phi) is 6.60. The van der Waals surface area contributed by atoms with Crippen LogP contribution >= 0.6 is 0 Å². The van der Waals surface area contributed by atoms with Crippen molar-refractivity contribution in [1.29, 1.82) is 0 Å². The van der Waals surface area contributed by atoms with Gasteiger partial charge in [0.2, 0.25) is 0 Å². The molecule has 2 saturated carbocycles. The third kappa shape index (κ3) is 4.39. The summed E-state index contributed by atoms with van der Waals surface area (Å²) in [6.45, 7) is 7.02. The van der Waals surface area contributed by atoms with Crippen LogP contribution in [0.2, 0.25) is 0 Å². The fraction of sp³-hybridized carbons (Fsp3) is 1.00. The molecule has 8 atom stereocenters. The van der Waals surface area contributed by atoms with E-state index in [1.54, 1.807) is 6.92 Å². The first kappa shape index (κ1) is 22.0. The van der Waals surface area contributed by atoms with E-state index in [2.05, 4.69) is 13.8 Å². The Labute approximate surface area is 175 Å². The Morgan fingerprint density at radius 3 is 2.38 bits per heavy atom. The van der Waals surface area contributed by atoms with Crippen molar-refractivity contribution >= 4 is 0 Å². The molecule has 0 radical (unpaired) electrons. The Morgan fingerprint density at radius 2 is 1.62 bits per heavy atom. The number of hydrogen-bond donors (Lipinski definition) is 2. The second-order valence-electron chi connectivity index (χ2n) is 10.2. The lowest BCUT2D eigenvalue weighted by molar-refractivity contribution is -0.408. The average Bonchev–Trinajstić information content (AvgIpc) is 2.78. The Morgan fingerprint density at radius 1 is 0.897 bits per heavy atom. The van der Waals surface area contributed by atoms with Gasteiger partial charge < -0.3 is 29.2 Å². The molecule has 0 aromatic heterocycles. The zero-order chi connectivity index (χ0) is 20.6. The lowest BCUT2D eigenvalue weighted by atomic mass is 9.58. The van der Waals surface area contributed by atoms with Crippen molar-refractivity contribution in [1.82, 2.24) is 0 Å². The third-order valence-corrected chi connectivity index (χ3v) is 8.06. The highest BCUT2D eigenvalue weighted by Gasteiger charge is 2.63. The van der Waals surface area contributed by atoms with Crippen LogP contribution in [0.15, 0.2) is 0 Å². The van der Waals surface area contributed by atoms with Gasteiger partial charge in [0.15, 0.2) is 18.4 Å². The van der Waals surface area contributed by atoms with Gasteiger partial charge >= 0.3 is 0 Å². The van der Waals surface area contributed by atoms with Gasteiger partial charge in [-0.05, 0) is 50.9 Å². The van der Waals surface area contributed by atoms with E-state index in [9.17, 15) is 10.2 Å². The summed E-state index contributed by atoms with van der Waals surface area (Å²) in [5, 5.41) is 22.5. The molecule has 4 fully saturated rings. The molecule has 0 bridgehead atoms. The Balaban J connectivity index is 1.41. The standard InChI is InChI=1S/C23H40O6/c1-15-9-10-19-16(2)20(27-14-13-26-17-7-5-4-6-8-17)28-21-23(19,25)18(15)11-12-22(3,24)29-21/h15-21,24-25H,4-14H2,1-3H3/t15-,16-,18?,19?,20?,21-,22-,23-/m1/s1. The van der Waals surface area contributed by atoms with E-state index < -0.39 is 24.0 Å². The molecular weight excluding hydrogens is 372 g/mol. The van der Waals surface area contributed by atoms with E-state index >= 15 is 0 Å². The maximum absolute atomic E-state index is 11.8. The van der Waals surface area contributed by atoms with Crippen LogP contribution in [-0.2, 0) is 18.9 Å². The molecule has 29 heavy (non-hydrogen) atoms. The summed E-state index contributed by atoms with van der Waals surface area (Å²) in [7, 11) is 0. The minimum Gasteiger partial charge on any atom is -0.384 e. The van der Waals surface area contributed by atoms with Gasteiger partial charge in [-0.2, -0.15) is 0 Å². The zero-order valence-electron chi connectivity index (χ0n) is 18.3. The van der Waals surface area contributed by atoms with Crippen LogP contribution in [0.1, 0.15) is 78.6 Å².